The first-order valence-corrected chi connectivity index (χ1v) is 7.20. The predicted octanol–water partition coefficient (Wildman–Crippen LogP) is -1.93. The molecule has 0 aromatic rings. The summed E-state index contributed by atoms with van der Waals surface area (Å²) in [6, 6.07) is 0. The molecule has 26 heavy (non-hydrogen) atoms. The number of aliphatic hydroxyl groups excluding tert-OH is 5. The number of carboxylic acid groups (broad SMARTS) is 1. The van der Waals surface area contributed by atoms with E-state index in [1.54, 1.807) is 0 Å². The van der Waals surface area contributed by atoms with Gasteiger partial charge in [-0.05, 0) is 0 Å². The van der Waals surface area contributed by atoms with E-state index >= 15 is 0 Å². The van der Waals surface area contributed by atoms with Gasteiger partial charge in [0.1, 0.15) is 17.9 Å². The molecule has 0 saturated heterocycles. The Morgan fingerprint density at radius 2 is 1.96 bits per heavy atom. The van der Waals surface area contributed by atoms with E-state index in [1.165, 1.54) is 0 Å². The summed E-state index contributed by atoms with van der Waals surface area (Å²) in [5.74, 6) is -5.35. The van der Waals surface area contributed by atoms with Crippen molar-refractivity contribution < 1.29 is 54.4 Å². The lowest BCUT2D eigenvalue weighted by Crippen LogP contribution is -2.48. The summed E-state index contributed by atoms with van der Waals surface area (Å²) in [5.41, 5.74) is -0.447. The SMILES string of the molecule is CC(=O)NC1=C(O[C@@H]2OC(C(=O)O)=CC(O)=C2O)[C@H](O)C(CO)O[C@H]1O. The number of carbonyl (C=O) groups excluding carboxylic acids is 1. The minimum absolute atomic E-state index is 0.447. The van der Waals surface area contributed by atoms with Crippen molar-refractivity contribution in [1.82, 2.24) is 5.32 Å². The van der Waals surface area contributed by atoms with Gasteiger partial charge in [-0.15, -0.1) is 0 Å². The van der Waals surface area contributed by atoms with Gasteiger partial charge in [0, 0.05) is 13.0 Å². The van der Waals surface area contributed by atoms with Crippen LogP contribution >= 0.6 is 0 Å². The number of rotatable bonds is 5. The number of hydrogen-bond donors (Lipinski definition) is 7. The van der Waals surface area contributed by atoms with Gasteiger partial charge in [-0.3, -0.25) is 4.79 Å². The molecular formula is C14H17NO11. The maximum atomic E-state index is 11.3. The van der Waals surface area contributed by atoms with Crippen LogP contribution in [0.15, 0.2) is 34.8 Å². The van der Waals surface area contributed by atoms with Crippen LogP contribution in [0.1, 0.15) is 6.92 Å². The van der Waals surface area contributed by atoms with E-state index < -0.39 is 72.0 Å². The van der Waals surface area contributed by atoms with Gasteiger partial charge in [-0.1, -0.05) is 0 Å². The van der Waals surface area contributed by atoms with Gasteiger partial charge in [0.2, 0.25) is 17.4 Å². The molecule has 12 heteroatoms. The average Bonchev–Trinajstić information content (AvgIpc) is 2.56. The number of carbonyl (C=O) groups is 2. The molecule has 0 radical (unpaired) electrons. The average molecular weight is 375 g/mol. The summed E-state index contributed by atoms with van der Waals surface area (Å²) in [6.45, 7) is 0.352. The fourth-order valence-corrected chi connectivity index (χ4v) is 2.18. The standard InChI is InChI=1S/C14H17NO11/c1-4(17)15-8-11(10(20)7(3-16)24-13(8)23)26-14-9(19)5(18)2-6(25-14)12(21)22/h2,7,10,13-14,16,18-20,23H,3H2,1H3,(H,15,17)(H,21,22)/t7?,10-,13-,14+/m1/s1. The molecule has 12 nitrogen and oxygen atoms in total. The van der Waals surface area contributed by atoms with E-state index in [2.05, 4.69) is 5.32 Å². The van der Waals surface area contributed by atoms with Gasteiger partial charge in [0.15, 0.2) is 17.8 Å². The molecular weight excluding hydrogens is 358 g/mol. The number of hydrogen-bond acceptors (Lipinski definition) is 10. The Hall–Kier alpha value is -2.80. The Bertz CT molecular complexity index is 695. The molecule has 0 spiro atoms. The third-order valence-electron chi connectivity index (χ3n) is 3.36. The molecule has 0 bridgehead atoms. The second-order valence-electron chi connectivity index (χ2n) is 5.27. The molecule has 0 aliphatic carbocycles. The number of allylic oxidation sites excluding steroid dienone is 1. The van der Waals surface area contributed by atoms with Crippen LogP contribution in [0.3, 0.4) is 0 Å². The highest BCUT2D eigenvalue weighted by molar-refractivity contribution is 5.85. The van der Waals surface area contributed by atoms with E-state index in [0.29, 0.717) is 6.08 Å². The predicted molar refractivity (Wildman–Crippen MR) is 78.8 cm³/mol. The van der Waals surface area contributed by atoms with E-state index in [-0.39, 0.29) is 0 Å². The molecule has 1 amide bonds. The Morgan fingerprint density at radius 3 is 2.50 bits per heavy atom. The summed E-state index contributed by atoms with van der Waals surface area (Å²) < 4.78 is 15.0. The molecule has 0 saturated carbocycles. The lowest BCUT2D eigenvalue weighted by molar-refractivity contribution is -0.194. The third kappa shape index (κ3) is 3.88. The van der Waals surface area contributed by atoms with Crippen LogP contribution in [0.2, 0.25) is 0 Å². The number of amides is 1. The van der Waals surface area contributed by atoms with Gasteiger partial charge in [-0.25, -0.2) is 4.79 Å². The van der Waals surface area contributed by atoms with Gasteiger partial charge in [0.25, 0.3) is 0 Å². The molecule has 2 heterocycles. The number of aliphatic carboxylic acids is 1. The lowest BCUT2D eigenvalue weighted by atomic mass is 10.1. The third-order valence-corrected chi connectivity index (χ3v) is 3.36. The lowest BCUT2D eigenvalue weighted by Gasteiger charge is -2.35. The molecule has 0 aromatic carbocycles. The molecule has 1 unspecified atom stereocenters. The van der Waals surface area contributed by atoms with Crippen LogP contribution < -0.4 is 5.32 Å². The van der Waals surface area contributed by atoms with Gasteiger partial charge in [-0.2, -0.15) is 0 Å². The van der Waals surface area contributed by atoms with Gasteiger partial charge in [0.05, 0.1) is 6.61 Å². The fraction of sp³-hybridized carbons (Fsp3) is 0.429. The van der Waals surface area contributed by atoms with E-state index in [4.69, 9.17) is 19.3 Å². The Labute approximate surface area is 145 Å². The van der Waals surface area contributed by atoms with Crippen molar-refractivity contribution in [2.24, 2.45) is 0 Å². The molecule has 4 atom stereocenters. The van der Waals surface area contributed by atoms with Crippen molar-refractivity contribution in [3.8, 4) is 0 Å². The number of nitrogens with one attached hydrogen (secondary N) is 1. The van der Waals surface area contributed by atoms with Crippen LogP contribution in [0, 0.1) is 0 Å². The Kier molecular flexibility index (Phi) is 5.72. The second kappa shape index (κ2) is 7.61. The first-order valence-electron chi connectivity index (χ1n) is 7.20. The minimum Gasteiger partial charge on any atom is -0.504 e. The largest absolute Gasteiger partial charge is 0.504 e. The van der Waals surface area contributed by atoms with Crippen LogP contribution in [-0.4, -0.2) is 73.9 Å². The van der Waals surface area contributed by atoms with Crippen molar-refractivity contribution in [3.05, 3.63) is 34.8 Å². The maximum Gasteiger partial charge on any atom is 0.371 e. The second-order valence-corrected chi connectivity index (χ2v) is 5.27. The highest BCUT2D eigenvalue weighted by atomic mass is 16.7. The van der Waals surface area contributed by atoms with Crippen molar-refractivity contribution in [2.45, 2.75) is 31.7 Å². The zero-order valence-corrected chi connectivity index (χ0v) is 13.3. The monoisotopic (exact) mass is 375 g/mol. The molecule has 2 aliphatic heterocycles. The highest BCUT2D eigenvalue weighted by Gasteiger charge is 2.41. The zero-order valence-electron chi connectivity index (χ0n) is 13.3. The normalized spacial score (nSPS) is 29.0. The Morgan fingerprint density at radius 1 is 1.31 bits per heavy atom. The van der Waals surface area contributed by atoms with Crippen LogP contribution in [0.4, 0.5) is 0 Å². The van der Waals surface area contributed by atoms with Crippen LogP contribution in [0.25, 0.3) is 0 Å². The van der Waals surface area contributed by atoms with Crippen molar-refractivity contribution in [2.75, 3.05) is 6.61 Å². The van der Waals surface area contributed by atoms with E-state index in [0.717, 1.165) is 6.92 Å². The quantitative estimate of drug-likeness (QED) is 0.283. The summed E-state index contributed by atoms with van der Waals surface area (Å²) in [7, 11) is 0. The van der Waals surface area contributed by atoms with Crippen molar-refractivity contribution >= 4 is 11.9 Å². The topological polar surface area (TPSA) is 195 Å². The summed E-state index contributed by atoms with van der Waals surface area (Å²) in [4.78, 5) is 22.3. The zero-order chi connectivity index (χ0) is 19.6. The van der Waals surface area contributed by atoms with Crippen molar-refractivity contribution in [1.29, 1.82) is 0 Å². The van der Waals surface area contributed by atoms with Crippen LogP contribution in [0.5, 0.6) is 0 Å². The number of aliphatic hydroxyl groups is 5. The smallest absolute Gasteiger partial charge is 0.371 e. The Balaban J connectivity index is 2.40. The highest BCUT2D eigenvalue weighted by Crippen LogP contribution is 2.30. The minimum atomic E-state index is -1.91. The van der Waals surface area contributed by atoms with E-state index in [1.807, 2.05) is 0 Å². The fourth-order valence-electron chi connectivity index (χ4n) is 2.18. The molecule has 2 rings (SSSR count). The summed E-state index contributed by atoms with van der Waals surface area (Å²) in [6.07, 6.45) is -6.17. The molecule has 0 aromatic heterocycles. The van der Waals surface area contributed by atoms with Gasteiger partial charge >= 0.3 is 12.3 Å². The summed E-state index contributed by atoms with van der Waals surface area (Å²) in [5, 5.41) is 59.8. The molecule has 7 N–H and O–H groups in total. The van der Waals surface area contributed by atoms with Crippen molar-refractivity contribution in [3.63, 3.8) is 0 Å². The first-order chi connectivity index (χ1) is 12.1. The number of ether oxygens (including phenoxy) is 3. The molecule has 0 fully saturated rings. The van der Waals surface area contributed by atoms with E-state index in [9.17, 15) is 35.1 Å². The molecule has 2 aliphatic rings. The van der Waals surface area contributed by atoms with Gasteiger partial charge < -0.3 is 50.2 Å². The maximum absolute atomic E-state index is 11.3. The van der Waals surface area contributed by atoms with Crippen LogP contribution in [-0.2, 0) is 23.8 Å². The molecule has 144 valence electrons. The summed E-state index contributed by atoms with van der Waals surface area (Å²) >= 11 is 0. The first kappa shape index (κ1) is 19.5. The number of carboxylic acids is 1.